The lowest BCUT2D eigenvalue weighted by Gasteiger charge is -2.20. The highest BCUT2D eigenvalue weighted by Crippen LogP contribution is 2.29. The molecule has 2 rings (SSSR count). The third-order valence-electron chi connectivity index (χ3n) is 4.76. The first-order valence-corrected chi connectivity index (χ1v) is 9.79. The van der Waals surface area contributed by atoms with Crippen molar-refractivity contribution >= 4 is 17.8 Å². The third kappa shape index (κ3) is 6.93. The number of amides is 2. The van der Waals surface area contributed by atoms with E-state index in [2.05, 4.69) is 15.6 Å². The number of aliphatic imine (C=N–C) groups is 1. The summed E-state index contributed by atoms with van der Waals surface area (Å²) in [6.07, 6.45) is -3.27. The average Bonchev–Trinajstić information content (AvgIpc) is 3.17. The fraction of sp³-hybridized carbons (Fsp3) is 0.550. The number of likely N-dealkylation sites (N-methyl/N-ethyl adjacent to an activating group) is 1. The lowest BCUT2D eigenvalue weighted by molar-refractivity contribution is -0.137. The summed E-state index contributed by atoms with van der Waals surface area (Å²) in [6.45, 7) is 2.95. The van der Waals surface area contributed by atoms with Crippen molar-refractivity contribution in [3.05, 3.63) is 35.4 Å². The molecule has 0 spiro atoms. The van der Waals surface area contributed by atoms with Gasteiger partial charge < -0.3 is 20.4 Å². The molecule has 0 aromatic heterocycles. The number of carbonyl (C=O) groups excluding carboxylic acids is 2. The predicted molar refractivity (Wildman–Crippen MR) is 108 cm³/mol. The summed E-state index contributed by atoms with van der Waals surface area (Å²) in [7, 11) is 3.25. The summed E-state index contributed by atoms with van der Waals surface area (Å²) in [5.41, 5.74) is -0.330. The van der Waals surface area contributed by atoms with Crippen LogP contribution in [0.15, 0.2) is 29.3 Å². The van der Waals surface area contributed by atoms with Crippen LogP contribution in [-0.2, 0) is 22.3 Å². The van der Waals surface area contributed by atoms with Gasteiger partial charge in [0.2, 0.25) is 11.8 Å². The topological polar surface area (TPSA) is 77.0 Å². The number of likely N-dealkylation sites (tertiary alicyclic amines) is 1. The lowest BCUT2D eigenvalue weighted by atomic mass is 10.1. The van der Waals surface area contributed by atoms with Crippen molar-refractivity contribution in [1.29, 1.82) is 0 Å². The summed E-state index contributed by atoms with van der Waals surface area (Å²) in [5.74, 6) is 0.216. The van der Waals surface area contributed by atoms with E-state index in [4.69, 9.17) is 0 Å². The molecule has 0 saturated carbocycles. The molecule has 1 unspecified atom stereocenters. The largest absolute Gasteiger partial charge is 0.416 e. The molecule has 7 nitrogen and oxygen atoms in total. The van der Waals surface area contributed by atoms with Gasteiger partial charge in [-0.2, -0.15) is 13.2 Å². The van der Waals surface area contributed by atoms with Crippen LogP contribution in [0.5, 0.6) is 0 Å². The third-order valence-corrected chi connectivity index (χ3v) is 4.76. The maximum absolute atomic E-state index is 12.9. The molecule has 1 aliphatic rings. The van der Waals surface area contributed by atoms with Crippen molar-refractivity contribution in [2.75, 3.05) is 33.7 Å². The molecule has 1 heterocycles. The van der Waals surface area contributed by atoms with Gasteiger partial charge in [0.1, 0.15) is 0 Å². The predicted octanol–water partition coefficient (Wildman–Crippen LogP) is 1.84. The molecule has 30 heavy (non-hydrogen) atoms. The first-order chi connectivity index (χ1) is 14.1. The van der Waals surface area contributed by atoms with Gasteiger partial charge in [0, 0.05) is 39.6 Å². The molecule has 2 amide bonds. The summed E-state index contributed by atoms with van der Waals surface area (Å²) in [4.78, 5) is 31.3. The van der Waals surface area contributed by atoms with Crippen molar-refractivity contribution in [2.45, 2.75) is 38.5 Å². The monoisotopic (exact) mass is 427 g/mol. The van der Waals surface area contributed by atoms with Gasteiger partial charge in [-0.3, -0.25) is 9.59 Å². The van der Waals surface area contributed by atoms with E-state index in [1.165, 1.54) is 11.0 Å². The second kappa shape index (κ2) is 10.3. The van der Waals surface area contributed by atoms with Gasteiger partial charge in [-0.1, -0.05) is 19.1 Å². The minimum atomic E-state index is -4.42. The maximum atomic E-state index is 12.9. The van der Waals surface area contributed by atoms with Gasteiger partial charge >= 0.3 is 6.18 Å². The Morgan fingerprint density at radius 1 is 1.30 bits per heavy atom. The number of nitrogens with zero attached hydrogens (tertiary/aromatic N) is 3. The Labute approximate surface area is 174 Å². The molecule has 1 aromatic rings. The van der Waals surface area contributed by atoms with Crippen LogP contribution in [0.2, 0.25) is 0 Å². The summed E-state index contributed by atoms with van der Waals surface area (Å²) in [5, 5.41) is 6.11. The Morgan fingerprint density at radius 3 is 2.67 bits per heavy atom. The van der Waals surface area contributed by atoms with Crippen LogP contribution >= 0.6 is 0 Å². The average molecular weight is 427 g/mol. The zero-order valence-electron chi connectivity index (χ0n) is 17.4. The molecule has 10 heteroatoms. The highest BCUT2D eigenvalue weighted by atomic mass is 19.4. The number of guanidine groups is 1. The fourth-order valence-corrected chi connectivity index (χ4v) is 3.01. The van der Waals surface area contributed by atoms with E-state index in [0.29, 0.717) is 31.0 Å². The smallest absolute Gasteiger partial charge is 0.352 e. The van der Waals surface area contributed by atoms with Gasteiger partial charge in [-0.05, 0) is 24.1 Å². The van der Waals surface area contributed by atoms with Crippen LogP contribution in [0, 0.1) is 0 Å². The van der Waals surface area contributed by atoms with E-state index in [1.54, 1.807) is 32.0 Å². The number of halogens is 3. The molecular formula is C20H28F3N5O2. The maximum Gasteiger partial charge on any atom is 0.416 e. The normalized spacial score (nSPS) is 17.1. The van der Waals surface area contributed by atoms with Crippen molar-refractivity contribution in [2.24, 2.45) is 4.99 Å². The first kappa shape index (κ1) is 23.5. The van der Waals surface area contributed by atoms with Crippen LogP contribution in [0.3, 0.4) is 0 Å². The van der Waals surface area contributed by atoms with Gasteiger partial charge in [-0.15, -0.1) is 0 Å². The Hall–Kier alpha value is -2.78. The summed E-state index contributed by atoms with van der Waals surface area (Å²) in [6, 6.07) is 4.93. The van der Waals surface area contributed by atoms with E-state index in [0.717, 1.165) is 18.6 Å². The zero-order chi connectivity index (χ0) is 22.3. The lowest BCUT2D eigenvalue weighted by Crippen LogP contribution is -2.47. The summed E-state index contributed by atoms with van der Waals surface area (Å²) < 4.78 is 38.8. The van der Waals surface area contributed by atoms with Gasteiger partial charge in [0.25, 0.3) is 0 Å². The number of benzene rings is 1. The van der Waals surface area contributed by atoms with Gasteiger partial charge in [0.05, 0.1) is 18.7 Å². The quantitative estimate of drug-likeness (QED) is 0.537. The van der Waals surface area contributed by atoms with Crippen LogP contribution in [0.1, 0.15) is 30.9 Å². The molecule has 0 aliphatic carbocycles. The SMILES string of the molecule is CCC(=O)N1CCC(NC(=NCc2cccc(C(F)(F)F)c2)NCC(=O)N(C)C)C1. The molecule has 1 aromatic carbocycles. The highest BCUT2D eigenvalue weighted by Gasteiger charge is 2.30. The minimum Gasteiger partial charge on any atom is -0.352 e. The Morgan fingerprint density at radius 2 is 2.03 bits per heavy atom. The van der Waals surface area contributed by atoms with E-state index in [9.17, 15) is 22.8 Å². The highest BCUT2D eigenvalue weighted by molar-refractivity contribution is 5.86. The van der Waals surface area contributed by atoms with E-state index >= 15 is 0 Å². The molecule has 0 bridgehead atoms. The Kier molecular flexibility index (Phi) is 8.08. The molecule has 2 N–H and O–H groups in total. The second-order valence-electron chi connectivity index (χ2n) is 7.33. The van der Waals surface area contributed by atoms with Crippen LogP contribution in [0.4, 0.5) is 13.2 Å². The van der Waals surface area contributed by atoms with Crippen molar-refractivity contribution < 1.29 is 22.8 Å². The van der Waals surface area contributed by atoms with E-state index in [-0.39, 0.29) is 30.9 Å². The molecule has 166 valence electrons. The second-order valence-corrected chi connectivity index (χ2v) is 7.33. The molecular weight excluding hydrogens is 399 g/mol. The van der Waals surface area contributed by atoms with Crippen molar-refractivity contribution in [1.82, 2.24) is 20.4 Å². The minimum absolute atomic E-state index is 0.00819. The zero-order valence-corrected chi connectivity index (χ0v) is 17.4. The van der Waals surface area contributed by atoms with E-state index in [1.807, 2.05) is 0 Å². The van der Waals surface area contributed by atoms with Crippen molar-refractivity contribution in [3.8, 4) is 0 Å². The fourth-order valence-electron chi connectivity index (χ4n) is 3.01. The summed E-state index contributed by atoms with van der Waals surface area (Å²) >= 11 is 0. The van der Waals surface area contributed by atoms with Crippen molar-refractivity contribution in [3.63, 3.8) is 0 Å². The number of rotatable bonds is 6. The molecule has 1 atom stereocenters. The number of nitrogens with one attached hydrogen (secondary N) is 2. The standard InChI is InChI=1S/C20H28F3N5O2/c1-4-17(29)28-9-8-16(13-28)26-19(25-12-18(30)27(2)3)24-11-14-6-5-7-15(10-14)20(21,22)23/h5-7,10,16H,4,8-9,11-13H2,1-3H3,(H2,24,25,26). The van der Waals surface area contributed by atoms with Crippen LogP contribution < -0.4 is 10.6 Å². The number of hydrogen-bond acceptors (Lipinski definition) is 3. The molecule has 0 radical (unpaired) electrons. The number of carbonyl (C=O) groups is 2. The van der Waals surface area contributed by atoms with Gasteiger partial charge in [0.15, 0.2) is 5.96 Å². The van der Waals surface area contributed by atoms with E-state index < -0.39 is 11.7 Å². The molecule has 1 aliphatic heterocycles. The number of hydrogen-bond donors (Lipinski definition) is 2. The Balaban J connectivity index is 2.09. The van der Waals surface area contributed by atoms with Gasteiger partial charge in [-0.25, -0.2) is 4.99 Å². The van der Waals surface area contributed by atoms with Crippen LogP contribution in [-0.4, -0.2) is 67.3 Å². The first-order valence-electron chi connectivity index (χ1n) is 9.79. The molecule has 1 saturated heterocycles. The number of alkyl halides is 3. The Bertz CT molecular complexity index is 780. The molecule has 1 fully saturated rings. The van der Waals surface area contributed by atoms with Crippen LogP contribution in [0.25, 0.3) is 0 Å².